The topological polar surface area (TPSA) is 67.4 Å². The predicted molar refractivity (Wildman–Crippen MR) is 67.6 cm³/mol. The van der Waals surface area contributed by atoms with E-state index in [0.29, 0.717) is 11.6 Å². The van der Waals surface area contributed by atoms with Crippen LogP contribution in [0.2, 0.25) is 0 Å². The summed E-state index contributed by atoms with van der Waals surface area (Å²) in [7, 11) is 0. The average molecular weight is 259 g/mol. The summed E-state index contributed by atoms with van der Waals surface area (Å²) in [4.78, 5) is 4.26. The smallest absolute Gasteiger partial charge is 0.211 e. The zero-order valence-corrected chi connectivity index (χ0v) is 10.7. The standard InChI is InChI=1S/C12H13N5S/c13-8-10-11(9-4-2-1-3-5-9)17(16-15-10)12-14-6-7-18-12/h6-7,9H,1-5H2. The molecule has 0 N–H and O–H groups in total. The summed E-state index contributed by atoms with van der Waals surface area (Å²) in [5, 5.41) is 20.0. The summed E-state index contributed by atoms with van der Waals surface area (Å²) in [5.41, 5.74) is 1.41. The zero-order chi connectivity index (χ0) is 12.4. The summed E-state index contributed by atoms with van der Waals surface area (Å²) < 4.78 is 1.75. The van der Waals surface area contributed by atoms with Crippen molar-refractivity contribution in [2.75, 3.05) is 0 Å². The second kappa shape index (κ2) is 4.86. The quantitative estimate of drug-likeness (QED) is 0.831. The van der Waals surface area contributed by atoms with Gasteiger partial charge in [0, 0.05) is 17.5 Å². The Labute approximate surface area is 109 Å². The van der Waals surface area contributed by atoms with Crippen LogP contribution in [-0.2, 0) is 0 Å². The first-order valence-corrected chi connectivity index (χ1v) is 7.03. The van der Waals surface area contributed by atoms with E-state index in [2.05, 4.69) is 21.4 Å². The minimum absolute atomic E-state index is 0.396. The molecule has 6 heteroatoms. The third-order valence-corrected chi connectivity index (χ3v) is 4.15. The molecule has 18 heavy (non-hydrogen) atoms. The van der Waals surface area contributed by atoms with Gasteiger partial charge >= 0.3 is 0 Å². The first-order valence-electron chi connectivity index (χ1n) is 6.15. The van der Waals surface area contributed by atoms with E-state index in [4.69, 9.17) is 0 Å². The highest BCUT2D eigenvalue weighted by Crippen LogP contribution is 2.34. The summed E-state index contributed by atoms with van der Waals surface area (Å²) in [6, 6.07) is 2.16. The fraction of sp³-hybridized carbons (Fsp3) is 0.500. The normalized spacial score (nSPS) is 16.6. The molecule has 1 fully saturated rings. The second-order valence-corrected chi connectivity index (χ2v) is 5.37. The van der Waals surface area contributed by atoms with Crippen molar-refractivity contribution in [3.63, 3.8) is 0 Å². The number of hydrogen-bond donors (Lipinski definition) is 0. The van der Waals surface area contributed by atoms with Crippen molar-refractivity contribution >= 4 is 11.3 Å². The van der Waals surface area contributed by atoms with Gasteiger partial charge in [-0.1, -0.05) is 24.5 Å². The van der Waals surface area contributed by atoms with Gasteiger partial charge < -0.3 is 0 Å². The third kappa shape index (κ3) is 1.91. The summed E-state index contributed by atoms with van der Waals surface area (Å²) in [5.74, 6) is 0.396. The van der Waals surface area contributed by atoms with Crippen LogP contribution >= 0.6 is 11.3 Å². The summed E-state index contributed by atoms with van der Waals surface area (Å²) >= 11 is 1.52. The Balaban J connectivity index is 2.05. The number of aromatic nitrogens is 4. The monoisotopic (exact) mass is 259 g/mol. The van der Waals surface area contributed by atoms with Crippen molar-refractivity contribution in [1.82, 2.24) is 20.0 Å². The minimum atomic E-state index is 0.396. The lowest BCUT2D eigenvalue weighted by molar-refractivity contribution is 0.429. The van der Waals surface area contributed by atoms with Gasteiger partial charge in [0.25, 0.3) is 0 Å². The molecule has 0 aromatic carbocycles. The Hall–Kier alpha value is -1.74. The van der Waals surface area contributed by atoms with Gasteiger partial charge in [0.2, 0.25) is 5.13 Å². The van der Waals surface area contributed by atoms with Crippen LogP contribution in [0, 0.1) is 11.3 Å². The first-order chi connectivity index (χ1) is 8.90. The largest absolute Gasteiger partial charge is 0.227 e. The van der Waals surface area contributed by atoms with E-state index >= 15 is 0 Å². The van der Waals surface area contributed by atoms with Gasteiger partial charge in [0.15, 0.2) is 5.69 Å². The molecule has 5 nitrogen and oxygen atoms in total. The molecule has 0 bridgehead atoms. The van der Waals surface area contributed by atoms with Crippen molar-refractivity contribution in [3.05, 3.63) is 23.0 Å². The van der Waals surface area contributed by atoms with Crippen molar-refractivity contribution in [2.24, 2.45) is 0 Å². The Morgan fingerprint density at radius 2 is 2.17 bits per heavy atom. The molecule has 0 radical (unpaired) electrons. The number of rotatable bonds is 2. The highest BCUT2D eigenvalue weighted by Gasteiger charge is 2.25. The first kappa shape index (κ1) is 11.4. The number of nitrogens with zero attached hydrogens (tertiary/aromatic N) is 5. The minimum Gasteiger partial charge on any atom is -0.227 e. The molecule has 0 aliphatic heterocycles. The molecule has 2 aromatic rings. The van der Waals surface area contributed by atoms with Crippen LogP contribution in [0.4, 0.5) is 0 Å². The van der Waals surface area contributed by atoms with Crippen LogP contribution in [0.1, 0.15) is 49.4 Å². The maximum absolute atomic E-state index is 9.18. The van der Waals surface area contributed by atoms with Crippen molar-refractivity contribution in [2.45, 2.75) is 38.0 Å². The van der Waals surface area contributed by atoms with Crippen molar-refractivity contribution in [1.29, 1.82) is 5.26 Å². The molecular weight excluding hydrogens is 246 g/mol. The third-order valence-electron chi connectivity index (χ3n) is 3.40. The van der Waals surface area contributed by atoms with Crippen LogP contribution < -0.4 is 0 Å². The molecule has 1 aliphatic carbocycles. The van der Waals surface area contributed by atoms with Crippen LogP contribution in [0.15, 0.2) is 11.6 Å². The van der Waals surface area contributed by atoms with Crippen LogP contribution in [0.5, 0.6) is 0 Å². The van der Waals surface area contributed by atoms with Crippen LogP contribution in [0.25, 0.3) is 5.13 Å². The molecule has 2 aromatic heterocycles. The molecule has 0 saturated heterocycles. The maximum Gasteiger partial charge on any atom is 0.211 e. The molecule has 0 spiro atoms. The zero-order valence-electron chi connectivity index (χ0n) is 9.91. The van der Waals surface area contributed by atoms with E-state index in [9.17, 15) is 5.26 Å². The van der Waals surface area contributed by atoms with Gasteiger partial charge in [-0.3, -0.25) is 0 Å². The number of nitriles is 1. The molecule has 0 amide bonds. The fourth-order valence-electron chi connectivity index (χ4n) is 2.57. The average Bonchev–Trinajstić information content (AvgIpc) is 3.08. The Kier molecular flexibility index (Phi) is 3.07. The molecule has 0 unspecified atom stereocenters. The second-order valence-electron chi connectivity index (χ2n) is 4.50. The molecular formula is C12H13N5S. The lowest BCUT2D eigenvalue weighted by atomic mass is 9.86. The van der Waals surface area contributed by atoms with Gasteiger partial charge in [-0.15, -0.1) is 16.4 Å². The van der Waals surface area contributed by atoms with Gasteiger partial charge in [-0.2, -0.15) is 9.94 Å². The highest BCUT2D eigenvalue weighted by molar-refractivity contribution is 7.12. The Bertz CT molecular complexity index is 560. The molecule has 3 rings (SSSR count). The number of thiazole rings is 1. The lowest BCUT2D eigenvalue weighted by Gasteiger charge is -2.21. The Morgan fingerprint density at radius 3 is 2.83 bits per heavy atom. The van der Waals surface area contributed by atoms with Gasteiger partial charge in [0.1, 0.15) is 6.07 Å². The number of hydrogen-bond acceptors (Lipinski definition) is 5. The molecule has 92 valence electrons. The summed E-state index contributed by atoms with van der Waals surface area (Å²) in [6.45, 7) is 0. The maximum atomic E-state index is 9.18. The van der Waals surface area contributed by atoms with E-state index < -0.39 is 0 Å². The fourth-order valence-corrected chi connectivity index (χ4v) is 3.17. The lowest BCUT2D eigenvalue weighted by Crippen LogP contribution is -2.12. The van der Waals surface area contributed by atoms with Crippen molar-refractivity contribution in [3.8, 4) is 11.2 Å². The van der Waals surface area contributed by atoms with Crippen LogP contribution in [0.3, 0.4) is 0 Å². The predicted octanol–water partition coefficient (Wildman–Crippen LogP) is 2.64. The molecule has 2 heterocycles. The van der Waals surface area contributed by atoms with Gasteiger partial charge in [0.05, 0.1) is 5.69 Å². The molecule has 1 saturated carbocycles. The van der Waals surface area contributed by atoms with Gasteiger partial charge in [-0.25, -0.2) is 4.98 Å². The summed E-state index contributed by atoms with van der Waals surface area (Å²) in [6.07, 6.45) is 7.72. The van der Waals surface area contributed by atoms with E-state index in [1.165, 1.54) is 30.6 Å². The van der Waals surface area contributed by atoms with Crippen LogP contribution in [-0.4, -0.2) is 20.0 Å². The van der Waals surface area contributed by atoms with Gasteiger partial charge in [-0.05, 0) is 12.8 Å². The van der Waals surface area contributed by atoms with Crippen molar-refractivity contribution < 1.29 is 0 Å². The van der Waals surface area contributed by atoms with E-state index in [0.717, 1.165) is 23.7 Å². The highest BCUT2D eigenvalue weighted by atomic mass is 32.1. The molecule has 1 aliphatic rings. The van der Waals surface area contributed by atoms with E-state index in [1.807, 2.05) is 5.38 Å². The van der Waals surface area contributed by atoms with E-state index in [1.54, 1.807) is 10.9 Å². The van der Waals surface area contributed by atoms with E-state index in [-0.39, 0.29) is 0 Å². The Morgan fingerprint density at radius 1 is 1.33 bits per heavy atom. The SMILES string of the molecule is N#Cc1nnn(-c2nccs2)c1C1CCCCC1. The molecule has 0 atom stereocenters.